The highest BCUT2D eigenvalue weighted by atomic mass is 32.2. The molecule has 0 bridgehead atoms. The van der Waals surface area contributed by atoms with Crippen molar-refractivity contribution in [3.63, 3.8) is 0 Å². The molecular formula is C9H9NO2S. The Labute approximate surface area is 80.3 Å². The van der Waals surface area contributed by atoms with E-state index in [-0.39, 0.29) is 4.92 Å². The van der Waals surface area contributed by atoms with Crippen molar-refractivity contribution in [2.45, 2.75) is 23.1 Å². The van der Waals surface area contributed by atoms with E-state index < -0.39 is 5.37 Å². The van der Waals surface area contributed by atoms with Crippen LogP contribution in [0.15, 0.2) is 29.2 Å². The lowest BCUT2D eigenvalue weighted by Crippen LogP contribution is -2.19. The number of aryl methyl sites for hydroxylation is 1. The van der Waals surface area contributed by atoms with E-state index in [1.807, 2.05) is 24.3 Å². The Hall–Kier alpha value is -1.03. The van der Waals surface area contributed by atoms with Crippen LogP contribution in [0.5, 0.6) is 0 Å². The molecule has 0 radical (unpaired) electrons. The molecule has 0 N–H and O–H groups in total. The van der Waals surface area contributed by atoms with Crippen LogP contribution < -0.4 is 0 Å². The largest absolute Gasteiger partial charge is 0.263 e. The predicted octanol–water partition coefficient (Wildman–Crippen LogP) is 2.33. The highest BCUT2D eigenvalue weighted by Gasteiger charge is 2.26. The maximum Gasteiger partial charge on any atom is 0.262 e. The number of rotatable bonds is 1. The van der Waals surface area contributed by atoms with Gasteiger partial charge in [0.1, 0.15) is 0 Å². The van der Waals surface area contributed by atoms with Gasteiger partial charge in [0.05, 0.1) is 0 Å². The Morgan fingerprint density at radius 3 is 3.00 bits per heavy atom. The maximum absolute atomic E-state index is 10.5. The highest BCUT2D eigenvalue weighted by molar-refractivity contribution is 7.99. The van der Waals surface area contributed by atoms with Crippen molar-refractivity contribution >= 4 is 11.8 Å². The summed E-state index contributed by atoms with van der Waals surface area (Å²) < 4.78 is 0. The van der Waals surface area contributed by atoms with Gasteiger partial charge in [0.2, 0.25) is 0 Å². The first-order valence-corrected chi connectivity index (χ1v) is 5.03. The number of hydrogen-bond donors (Lipinski definition) is 0. The molecule has 0 aromatic heterocycles. The number of nitro groups is 1. The van der Waals surface area contributed by atoms with Crippen LogP contribution in [0.1, 0.15) is 12.0 Å². The van der Waals surface area contributed by atoms with Crippen molar-refractivity contribution in [2.75, 3.05) is 0 Å². The van der Waals surface area contributed by atoms with E-state index >= 15 is 0 Å². The average Bonchev–Trinajstić information content (AvgIpc) is 2.17. The molecule has 1 aromatic rings. The SMILES string of the molecule is O=[N+]([O-])C1CCc2ccccc2S1. The predicted molar refractivity (Wildman–Crippen MR) is 51.4 cm³/mol. The second-order valence-electron chi connectivity index (χ2n) is 3.00. The molecule has 1 aliphatic rings. The molecule has 1 atom stereocenters. The van der Waals surface area contributed by atoms with Crippen LogP contribution in [-0.2, 0) is 6.42 Å². The lowest BCUT2D eigenvalue weighted by atomic mass is 10.1. The number of thioether (sulfide) groups is 1. The standard InChI is InChI=1S/C9H9NO2S/c11-10(12)9-6-5-7-3-1-2-4-8(7)13-9/h1-4,9H,5-6H2. The summed E-state index contributed by atoms with van der Waals surface area (Å²) in [6.07, 6.45) is 1.48. The molecular weight excluding hydrogens is 186 g/mol. The quantitative estimate of drug-likeness (QED) is 0.510. The summed E-state index contributed by atoms with van der Waals surface area (Å²) in [6, 6.07) is 7.90. The Balaban J connectivity index is 2.24. The van der Waals surface area contributed by atoms with Gasteiger partial charge in [-0.1, -0.05) is 18.2 Å². The van der Waals surface area contributed by atoms with Crippen molar-refractivity contribution in [1.82, 2.24) is 0 Å². The Bertz CT molecular complexity index is 340. The summed E-state index contributed by atoms with van der Waals surface area (Å²) in [5.74, 6) is 0. The molecule has 3 nitrogen and oxygen atoms in total. The minimum atomic E-state index is -0.449. The van der Waals surface area contributed by atoms with Gasteiger partial charge in [-0.2, -0.15) is 0 Å². The highest BCUT2D eigenvalue weighted by Crippen LogP contribution is 2.34. The first kappa shape index (κ1) is 8.56. The molecule has 0 amide bonds. The number of fused-ring (bicyclic) bond motifs is 1. The summed E-state index contributed by atoms with van der Waals surface area (Å²) in [4.78, 5) is 11.4. The van der Waals surface area contributed by atoms with Crippen LogP contribution in [0.2, 0.25) is 0 Å². The zero-order valence-corrected chi connectivity index (χ0v) is 7.79. The minimum absolute atomic E-state index is 0.194. The first-order chi connectivity index (χ1) is 6.27. The topological polar surface area (TPSA) is 43.1 Å². The van der Waals surface area contributed by atoms with Crippen molar-refractivity contribution in [3.8, 4) is 0 Å². The summed E-state index contributed by atoms with van der Waals surface area (Å²) in [5.41, 5.74) is 1.24. The minimum Gasteiger partial charge on any atom is -0.263 e. The molecule has 0 aliphatic carbocycles. The van der Waals surface area contributed by atoms with Crippen LogP contribution in [-0.4, -0.2) is 10.3 Å². The van der Waals surface area contributed by atoms with Crippen molar-refractivity contribution in [3.05, 3.63) is 39.9 Å². The lowest BCUT2D eigenvalue weighted by Gasteiger charge is -2.17. The van der Waals surface area contributed by atoms with Crippen molar-refractivity contribution in [2.24, 2.45) is 0 Å². The average molecular weight is 195 g/mol. The van der Waals surface area contributed by atoms with E-state index in [4.69, 9.17) is 0 Å². The molecule has 0 saturated carbocycles. The van der Waals surface area contributed by atoms with Gasteiger partial charge in [0.25, 0.3) is 5.37 Å². The van der Waals surface area contributed by atoms with Crippen molar-refractivity contribution < 1.29 is 4.92 Å². The molecule has 1 unspecified atom stereocenters. The van der Waals surface area contributed by atoms with Gasteiger partial charge in [-0.3, -0.25) is 10.1 Å². The van der Waals surface area contributed by atoms with Crippen LogP contribution in [0, 0.1) is 10.1 Å². The molecule has 4 heteroatoms. The Kier molecular flexibility index (Phi) is 2.22. The van der Waals surface area contributed by atoms with Crippen LogP contribution in [0.25, 0.3) is 0 Å². The third-order valence-electron chi connectivity index (χ3n) is 2.13. The summed E-state index contributed by atoms with van der Waals surface area (Å²) in [5, 5.41) is 10.1. The van der Waals surface area contributed by atoms with Gasteiger partial charge in [0, 0.05) is 16.2 Å². The number of nitrogens with zero attached hydrogens (tertiary/aromatic N) is 1. The van der Waals surface area contributed by atoms with E-state index in [1.165, 1.54) is 17.3 Å². The van der Waals surface area contributed by atoms with Crippen molar-refractivity contribution in [1.29, 1.82) is 0 Å². The Morgan fingerprint density at radius 1 is 1.46 bits per heavy atom. The second-order valence-corrected chi connectivity index (χ2v) is 4.22. The second kappa shape index (κ2) is 3.38. The van der Waals surface area contributed by atoms with E-state index in [0.717, 1.165) is 11.3 Å². The van der Waals surface area contributed by atoms with Gasteiger partial charge in [-0.25, -0.2) is 0 Å². The normalized spacial score (nSPS) is 20.8. The smallest absolute Gasteiger partial charge is 0.262 e. The molecule has 13 heavy (non-hydrogen) atoms. The molecule has 2 rings (SSSR count). The summed E-state index contributed by atoms with van der Waals surface area (Å²) in [7, 11) is 0. The van der Waals surface area contributed by atoms with E-state index in [0.29, 0.717) is 6.42 Å². The van der Waals surface area contributed by atoms with E-state index in [9.17, 15) is 10.1 Å². The molecule has 0 spiro atoms. The van der Waals surface area contributed by atoms with E-state index in [2.05, 4.69) is 0 Å². The van der Waals surface area contributed by atoms with Gasteiger partial charge >= 0.3 is 0 Å². The third-order valence-corrected chi connectivity index (χ3v) is 3.46. The Morgan fingerprint density at radius 2 is 2.23 bits per heavy atom. The summed E-state index contributed by atoms with van der Waals surface area (Å²) in [6.45, 7) is 0. The molecule has 0 saturated heterocycles. The van der Waals surface area contributed by atoms with Gasteiger partial charge < -0.3 is 0 Å². The maximum atomic E-state index is 10.5. The van der Waals surface area contributed by atoms with Gasteiger partial charge in [-0.05, 0) is 29.8 Å². The lowest BCUT2D eigenvalue weighted by molar-refractivity contribution is -0.496. The van der Waals surface area contributed by atoms with E-state index in [1.54, 1.807) is 0 Å². The monoisotopic (exact) mass is 195 g/mol. The summed E-state index contributed by atoms with van der Waals surface area (Å²) >= 11 is 1.37. The van der Waals surface area contributed by atoms with Crippen LogP contribution >= 0.6 is 11.8 Å². The zero-order chi connectivity index (χ0) is 9.26. The fourth-order valence-corrected chi connectivity index (χ4v) is 2.55. The fourth-order valence-electron chi connectivity index (χ4n) is 1.46. The molecule has 0 fully saturated rings. The zero-order valence-electron chi connectivity index (χ0n) is 6.97. The van der Waals surface area contributed by atoms with Crippen LogP contribution in [0.4, 0.5) is 0 Å². The van der Waals surface area contributed by atoms with Gasteiger partial charge in [-0.15, -0.1) is 0 Å². The van der Waals surface area contributed by atoms with Gasteiger partial charge in [0.15, 0.2) is 0 Å². The third kappa shape index (κ3) is 1.67. The number of benzene rings is 1. The fraction of sp³-hybridized carbons (Fsp3) is 0.333. The molecule has 1 heterocycles. The first-order valence-electron chi connectivity index (χ1n) is 4.15. The molecule has 1 aliphatic heterocycles. The number of hydrogen-bond acceptors (Lipinski definition) is 3. The molecule has 68 valence electrons. The van der Waals surface area contributed by atoms with Crippen LogP contribution in [0.3, 0.4) is 0 Å². The molecule has 1 aromatic carbocycles.